The number of rotatable bonds is 3. The fraction of sp³-hybridized carbons (Fsp3) is 0.667. The molecule has 1 fully saturated rings. The van der Waals surface area contributed by atoms with Gasteiger partial charge in [-0.05, 0) is 31.8 Å². The largest absolute Gasteiger partial charge is 0.481 e. The predicted octanol–water partition coefficient (Wildman–Crippen LogP) is 1.03. The minimum Gasteiger partial charge on any atom is -0.481 e. The normalized spacial score (nSPS) is 30.2. The van der Waals surface area contributed by atoms with Gasteiger partial charge in [-0.15, -0.1) is 0 Å². The van der Waals surface area contributed by atoms with Crippen molar-refractivity contribution in [3.05, 3.63) is 12.3 Å². The highest BCUT2D eigenvalue weighted by Crippen LogP contribution is 2.26. The summed E-state index contributed by atoms with van der Waals surface area (Å²) >= 11 is 0. The molecular formula is C12H19N3O2. The summed E-state index contributed by atoms with van der Waals surface area (Å²) in [6.07, 6.45) is 7.74. The highest BCUT2D eigenvalue weighted by atomic mass is 16.4. The van der Waals surface area contributed by atoms with Crippen LogP contribution in [0.15, 0.2) is 17.3 Å². The summed E-state index contributed by atoms with van der Waals surface area (Å²) in [6, 6.07) is 0. The van der Waals surface area contributed by atoms with Crippen LogP contribution in [0.2, 0.25) is 0 Å². The van der Waals surface area contributed by atoms with Crippen molar-refractivity contribution < 1.29 is 9.90 Å². The van der Waals surface area contributed by atoms with Gasteiger partial charge in [-0.25, -0.2) is 0 Å². The van der Waals surface area contributed by atoms with Gasteiger partial charge in [-0.1, -0.05) is 0 Å². The third kappa shape index (κ3) is 2.85. The van der Waals surface area contributed by atoms with Gasteiger partial charge in [0.25, 0.3) is 0 Å². The van der Waals surface area contributed by atoms with Gasteiger partial charge in [0.2, 0.25) is 0 Å². The lowest BCUT2D eigenvalue weighted by Crippen LogP contribution is -2.57. The second kappa shape index (κ2) is 4.87. The van der Waals surface area contributed by atoms with Crippen LogP contribution in [0.1, 0.15) is 26.2 Å². The molecule has 0 bridgehead atoms. The molecule has 5 nitrogen and oxygen atoms in total. The molecule has 0 amide bonds. The molecule has 0 aliphatic carbocycles. The molecule has 1 unspecified atom stereocenters. The lowest BCUT2D eigenvalue weighted by Gasteiger charge is -2.43. The van der Waals surface area contributed by atoms with Crippen LogP contribution in [0.5, 0.6) is 0 Å². The van der Waals surface area contributed by atoms with Crippen molar-refractivity contribution >= 4 is 12.2 Å². The molecule has 17 heavy (non-hydrogen) atoms. The van der Waals surface area contributed by atoms with E-state index in [4.69, 9.17) is 5.11 Å². The lowest BCUT2D eigenvalue weighted by molar-refractivity contribution is -0.138. The van der Waals surface area contributed by atoms with Crippen LogP contribution in [0.4, 0.5) is 0 Å². The number of aliphatic carboxylic acids is 1. The topological polar surface area (TPSA) is 64.9 Å². The van der Waals surface area contributed by atoms with E-state index in [-0.39, 0.29) is 5.79 Å². The molecule has 2 aliphatic rings. The minimum atomic E-state index is -0.689. The average Bonchev–Trinajstić information content (AvgIpc) is 2.30. The van der Waals surface area contributed by atoms with Crippen molar-refractivity contribution in [3.8, 4) is 0 Å². The Morgan fingerprint density at radius 3 is 2.82 bits per heavy atom. The second-order valence-corrected chi connectivity index (χ2v) is 4.83. The molecule has 0 aromatic rings. The zero-order valence-corrected chi connectivity index (χ0v) is 10.1. The van der Waals surface area contributed by atoms with Crippen LogP contribution in [-0.4, -0.2) is 41.1 Å². The summed E-state index contributed by atoms with van der Waals surface area (Å²) in [5.41, 5.74) is 0. The first kappa shape index (κ1) is 12.1. The summed E-state index contributed by atoms with van der Waals surface area (Å²) in [6.45, 7) is 3.84. The number of aliphatic imine (C=N–C) groups is 1. The third-order valence-electron chi connectivity index (χ3n) is 3.56. The van der Waals surface area contributed by atoms with Crippen molar-refractivity contribution in [2.75, 3.05) is 13.1 Å². The van der Waals surface area contributed by atoms with Gasteiger partial charge in [-0.3, -0.25) is 14.7 Å². The Kier molecular flexibility index (Phi) is 3.47. The summed E-state index contributed by atoms with van der Waals surface area (Å²) in [5, 5.41) is 12.0. The number of carboxylic acids is 1. The standard InChI is InChI=1S/C12H19N3O2/c1-12(13-5-2-6-14-12)15-7-3-10(4-8-15)9-11(16)17/h2,5-6,10,13H,3-4,7-9H2,1H3,(H,16,17). The number of allylic oxidation sites excluding steroid dienone is 1. The number of likely N-dealkylation sites (tertiary alicyclic amines) is 1. The second-order valence-electron chi connectivity index (χ2n) is 4.83. The van der Waals surface area contributed by atoms with E-state index >= 15 is 0 Å². The highest BCUT2D eigenvalue weighted by Gasteiger charge is 2.33. The average molecular weight is 237 g/mol. The van der Waals surface area contributed by atoms with E-state index in [2.05, 4.69) is 15.2 Å². The molecule has 1 saturated heterocycles. The quantitative estimate of drug-likeness (QED) is 0.769. The van der Waals surface area contributed by atoms with E-state index in [1.165, 1.54) is 0 Å². The Hall–Kier alpha value is -1.36. The Morgan fingerprint density at radius 1 is 1.59 bits per heavy atom. The summed E-state index contributed by atoms with van der Waals surface area (Å²) < 4.78 is 0. The monoisotopic (exact) mass is 237 g/mol. The molecule has 0 aromatic carbocycles. The van der Waals surface area contributed by atoms with Crippen LogP contribution in [0, 0.1) is 5.92 Å². The number of nitrogens with zero attached hydrogens (tertiary/aromatic N) is 2. The molecule has 0 spiro atoms. The zero-order chi connectivity index (χ0) is 12.3. The van der Waals surface area contributed by atoms with Gasteiger partial charge in [0.1, 0.15) is 0 Å². The van der Waals surface area contributed by atoms with Gasteiger partial charge in [0, 0.05) is 31.9 Å². The van der Waals surface area contributed by atoms with Crippen LogP contribution >= 0.6 is 0 Å². The fourth-order valence-corrected chi connectivity index (χ4v) is 2.47. The van der Waals surface area contributed by atoms with Gasteiger partial charge in [-0.2, -0.15) is 0 Å². The summed E-state index contributed by atoms with van der Waals surface area (Å²) in [4.78, 5) is 17.4. The van der Waals surface area contributed by atoms with E-state index in [1.807, 2.05) is 19.2 Å². The van der Waals surface area contributed by atoms with Crippen LogP contribution < -0.4 is 5.32 Å². The number of piperidine rings is 1. The summed E-state index contributed by atoms with van der Waals surface area (Å²) in [7, 11) is 0. The minimum absolute atomic E-state index is 0.293. The maximum absolute atomic E-state index is 10.7. The predicted molar refractivity (Wildman–Crippen MR) is 65.7 cm³/mol. The molecule has 0 aromatic heterocycles. The molecule has 1 atom stereocenters. The Bertz CT molecular complexity index is 346. The Labute approximate surface area is 101 Å². The fourth-order valence-electron chi connectivity index (χ4n) is 2.47. The lowest BCUT2D eigenvalue weighted by atomic mass is 9.93. The van der Waals surface area contributed by atoms with Gasteiger partial charge in [0.15, 0.2) is 5.79 Å². The van der Waals surface area contributed by atoms with Gasteiger partial charge < -0.3 is 10.4 Å². The maximum Gasteiger partial charge on any atom is 0.303 e. The zero-order valence-electron chi connectivity index (χ0n) is 10.1. The smallest absolute Gasteiger partial charge is 0.303 e. The van der Waals surface area contributed by atoms with Crippen LogP contribution in [-0.2, 0) is 4.79 Å². The van der Waals surface area contributed by atoms with E-state index in [0.29, 0.717) is 12.3 Å². The molecule has 0 saturated carbocycles. The molecule has 2 N–H and O–H groups in total. The van der Waals surface area contributed by atoms with Crippen LogP contribution in [0.3, 0.4) is 0 Å². The van der Waals surface area contributed by atoms with Crippen molar-refractivity contribution in [3.63, 3.8) is 0 Å². The maximum atomic E-state index is 10.7. The van der Waals surface area contributed by atoms with Crippen molar-refractivity contribution in [1.29, 1.82) is 0 Å². The van der Waals surface area contributed by atoms with Crippen molar-refractivity contribution in [2.24, 2.45) is 10.9 Å². The molecule has 94 valence electrons. The van der Waals surface area contributed by atoms with E-state index < -0.39 is 5.97 Å². The number of carboxylic acid groups (broad SMARTS) is 1. The van der Waals surface area contributed by atoms with Crippen LogP contribution in [0.25, 0.3) is 0 Å². The number of carbonyl (C=O) groups is 1. The first-order chi connectivity index (χ1) is 8.10. The Balaban J connectivity index is 1.88. The molecule has 5 heteroatoms. The molecule has 2 aliphatic heterocycles. The van der Waals surface area contributed by atoms with E-state index in [1.54, 1.807) is 6.21 Å². The van der Waals surface area contributed by atoms with Crippen molar-refractivity contribution in [1.82, 2.24) is 10.2 Å². The molecule has 2 heterocycles. The Morgan fingerprint density at radius 2 is 2.29 bits per heavy atom. The molecule has 2 rings (SSSR count). The third-order valence-corrected chi connectivity index (χ3v) is 3.56. The number of nitrogens with one attached hydrogen (secondary N) is 1. The SMILES string of the molecule is CC1(N2CCC(CC(=O)O)CC2)N=CC=CN1. The molecular weight excluding hydrogens is 218 g/mol. The van der Waals surface area contributed by atoms with Gasteiger partial charge in [0.05, 0.1) is 0 Å². The number of hydrogen-bond donors (Lipinski definition) is 2. The number of hydrogen-bond acceptors (Lipinski definition) is 4. The first-order valence-corrected chi connectivity index (χ1v) is 6.05. The first-order valence-electron chi connectivity index (χ1n) is 6.05. The van der Waals surface area contributed by atoms with Gasteiger partial charge >= 0.3 is 5.97 Å². The highest BCUT2D eigenvalue weighted by molar-refractivity contribution is 5.72. The summed E-state index contributed by atoms with van der Waals surface area (Å²) in [5.74, 6) is -0.731. The van der Waals surface area contributed by atoms with Crippen molar-refractivity contribution in [2.45, 2.75) is 32.0 Å². The molecule has 0 radical (unpaired) electrons. The van der Waals surface area contributed by atoms with E-state index in [9.17, 15) is 4.79 Å². The van der Waals surface area contributed by atoms with E-state index in [0.717, 1.165) is 25.9 Å².